The van der Waals surface area contributed by atoms with Gasteiger partial charge in [0.2, 0.25) is 11.8 Å². The van der Waals surface area contributed by atoms with E-state index in [1.54, 1.807) is 11.0 Å². The van der Waals surface area contributed by atoms with Crippen LogP contribution in [-0.4, -0.2) is 35.2 Å². The number of unbranched alkanes of at least 4 members (excludes halogenated alkanes) is 3. The van der Waals surface area contributed by atoms with Gasteiger partial charge in [0.05, 0.1) is 0 Å². The Labute approximate surface area is 165 Å². The number of hydrogen-bond donors (Lipinski definition) is 3. The molecule has 1 unspecified atom stereocenters. The first-order valence-electron chi connectivity index (χ1n) is 9.92. The Morgan fingerprint density at radius 3 is 2.75 bits per heavy atom. The average Bonchev–Trinajstić information content (AvgIpc) is 2.99. The van der Waals surface area contributed by atoms with Crippen molar-refractivity contribution in [2.45, 2.75) is 57.5 Å². The highest BCUT2D eigenvalue weighted by molar-refractivity contribution is 6.06. The lowest BCUT2D eigenvalue weighted by Gasteiger charge is -2.29. The van der Waals surface area contributed by atoms with Crippen LogP contribution in [0.25, 0.3) is 0 Å². The van der Waals surface area contributed by atoms with Crippen molar-refractivity contribution < 1.29 is 14.4 Å². The minimum atomic E-state index is -0.601. The maximum absolute atomic E-state index is 12.8. The lowest BCUT2D eigenvalue weighted by atomic mass is 10.0. The molecule has 0 aromatic heterocycles. The van der Waals surface area contributed by atoms with Crippen molar-refractivity contribution in [3.63, 3.8) is 0 Å². The molecule has 1 saturated heterocycles. The van der Waals surface area contributed by atoms with Crippen LogP contribution in [0.4, 0.5) is 5.69 Å². The molecule has 0 bridgehead atoms. The van der Waals surface area contributed by atoms with Crippen molar-refractivity contribution in [3.05, 3.63) is 41.6 Å². The number of fused-ring (bicyclic) bond motifs is 1. The molecule has 3 rings (SSSR count). The van der Waals surface area contributed by atoms with Crippen LogP contribution < -0.4 is 16.4 Å². The molecule has 0 aliphatic carbocycles. The van der Waals surface area contributed by atoms with E-state index in [-0.39, 0.29) is 18.2 Å². The molecule has 7 nitrogen and oxygen atoms in total. The summed E-state index contributed by atoms with van der Waals surface area (Å²) in [5.41, 5.74) is 8.76. The zero-order valence-electron chi connectivity index (χ0n) is 16.1. The molecule has 1 fully saturated rings. The van der Waals surface area contributed by atoms with Crippen molar-refractivity contribution in [3.8, 4) is 0 Å². The van der Waals surface area contributed by atoms with Crippen molar-refractivity contribution >= 4 is 23.4 Å². The molecule has 150 valence electrons. The monoisotopic (exact) mass is 384 g/mol. The zero-order valence-corrected chi connectivity index (χ0v) is 16.1. The van der Waals surface area contributed by atoms with Crippen molar-refractivity contribution in [2.75, 3.05) is 11.9 Å². The average molecular weight is 384 g/mol. The van der Waals surface area contributed by atoms with E-state index >= 15 is 0 Å². The molecule has 2 aliphatic rings. The zero-order chi connectivity index (χ0) is 20.1. The number of hydrogen-bond acceptors (Lipinski definition) is 5. The second-order valence-corrected chi connectivity index (χ2v) is 7.41. The van der Waals surface area contributed by atoms with Crippen LogP contribution in [0.15, 0.2) is 30.5 Å². The molecule has 2 aliphatic heterocycles. The number of piperidine rings is 1. The highest BCUT2D eigenvalue weighted by Gasteiger charge is 2.39. The SMILES string of the molecule is C=C(CCCCCCN)Nc1cccc2c1CN(C1CCC(=O)NC1=O)C2=O. The molecule has 2 heterocycles. The molecule has 0 saturated carbocycles. The number of amides is 3. The lowest BCUT2D eigenvalue weighted by Crippen LogP contribution is -2.52. The molecule has 3 amide bonds. The van der Waals surface area contributed by atoms with E-state index in [9.17, 15) is 14.4 Å². The lowest BCUT2D eigenvalue weighted by molar-refractivity contribution is -0.136. The van der Waals surface area contributed by atoms with E-state index in [1.165, 1.54) is 0 Å². The fraction of sp³-hybridized carbons (Fsp3) is 0.476. The van der Waals surface area contributed by atoms with Crippen LogP contribution in [0.5, 0.6) is 0 Å². The second-order valence-electron chi connectivity index (χ2n) is 7.41. The van der Waals surface area contributed by atoms with E-state index in [0.717, 1.165) is 55.6 Å². The number of carbonyl (C=O) groups is 3. The molecule has 7 heteroatoms. The van der Waals surface area contributed by atoms with Crippen molar-refractivity contribution in [2.24, 2.45) is 5.73 Å². The summed E-state index contributed by atoms with van der Waals surface area (Å²) >= 11 is 0. The van der Waals surface area contributed by atoms with Crippen LogP contribution in [0.2, 0.25) is 0 Å². The molecular formula is C21H28N4O3. The van der Waals surface area contributed by atoms with Crippen molar-refractivity contribution in [1.82, 2.24) is 10.2 Å². The third-order valence-corrected chi connectivity index (χ3v) is 5.33. The summed E-state index contributed by atoms with van der Waals surface area (Å²) in [7, 11) is 0. The predicted molar refractivity (Wildman–Crippen MR) is 107 cm³/mol. The Kier molecular flexibility index (Phi) is 6.46. The molecule has 0 radical (unpaired) electrons. The van der Waals surface area contributed by atoms with Crippen LogP contribution in [-0.2, 0) is 16.1 Å². The van der Waals surface area contributed by atoms with Gasteiger partial charge in [0, 0.05) is 35.5 Å². The number of imide groups is 1. The summed E-state index contributed by atoms with van der Waals surface area (Å²) in [6.07, 6.45) is 5.81. The van der Waals surface area contributed by atoms with Gasteiger partial charge >= 0.3 is 0 Å². The van der Waals surface area contributed by atoms with Gasteiger partial charge in [-0.2, -0.15) is 0 Å². The summed E-state index contributed by atoms with van der Waals surface area (Å²) in [6.45, 7) is 5.19. The second kappa shape index (κ2) is 9.01. The molecule has 1 aromatic rings. The maximum atomic E-state index is 12.8. The van der Waals surface area contributed by atoms with Crippen LogP contribution in [0, 0.1) is 0 Å². The number of rotatable bonds is 9. The van der Waals surface area contributed by atoms with E-state index in [2.05, 4.69) is 17.2 Å². The molecular weight excluding hydrogens is 356 g/mol. The number of nitrogens with zero attached hydrogens (tertiary/aromatic N) is 1. The van der Waals surface area contributed by atoms with E-state index in [1.807, 2.05) is 12.1 Å². The number of benzene rings is 1. The largest absolute Gasteiger partial charge is 0.359 e. The summed E-state index contributed by atoms with van der Waals surface area (Å²) in [6, 6.07) is 4.95. The molecule has 28 heavy (non-hydrogen) atoms. The molecule has 0 spiro atoms. The van der Waals surface area contributed by atoms with Gasteiger partial charge in [-0.15, -0.1) is 0 Å². The Hall–Kier alpha value is -2.67. The molecule has 1 aromatic carbocycles. The van der Waals surface area contributed by atoms with E-state index < -0.39 is 11.9 Å². The summed E-state index contributed by atoms with van der Waals surface area (Å²) in [4.78, 5) is 38.0. The Morgan fingerprint density at radius 1 is 1.21 bits per heavy atom. The fourth-order valence-electron chi connectivity index (χ4n) is 3.79. The highest BCUT2D eigenvalue weighted by Crippen LogP contribution is 2.33. The normalized spacial score (nSPS) is 18.8. The topological polar surface area (TPSA) is 105 Å². The highest BCUT2D eigenvalue weighted by atomic mass is 16.2. The first kappa shape index (κ1) is 20.1. The maximum Gasteiger partial charge on any atom is 0.255 e. The summed E-state index contributed by atoms with van der Waals surface area (Å²) in [5, 5.41) is 5.67. The molecule has 1 atom stereocenters. The number of nitrogens with one attached hydrogen (secondary N) is 2. The van der Waals surface area contributed by atoms with Gasteiger partial charge in [-0.3, -0.25) is 19.7 Å². The number of carbonyl (C=O) groups excluding carboxylic acids is 3. The third-order valence-electron chi connectivity index (χ3n) is 5.33. The number of anilines is 1. The van der Waals surface area contributed by atoms with Crippen LogP contribution in [0.1, 0.15) is 60.9 Å². The number of allylic oxidation sites excluding steroid dienone is 1. The van der Waals surface area contributed by atoms with Gasteiger partial charge in [0.15, 0.2) is 0 Å². The van der Waals surface area contributed by atoms with Gasteiger partial charge in [0.1, 0.15) is 6.04 Å². The van der Waals surface area contributed by atoms with Crippen LogP contribution >= 0.6 is 0 Å². The van der Waals surface area contributed by atoms with Crippen LogP contribution in [0.3, 0.4) is 0 Å². The Bertz CT molecular complexity index is 790. The van der Waals surface area contributed by atoms with E-state index in [4.69, 9.17) is 5.73 Å². The predicted octanol–water partition coefficient (Wildman–Crippen LogP) is 2.28. The minimum Gasteiger partial charge on any atom is -0.359 e. The summed E-state index contributed by atoms with van der Waals surface area (Å²) < 4.78 is 0. The van der Waals surface area contributed by atoms with Gasteiger partial charge in [0.25, 0.3) is 5.91 Å². The number of nitrogens with two attached hydrogens (primary N) is 1. The van der Waals surface area contributed by atoms with Crippen molar-refractivity contribution in [1.29, 1.82) is 0 Å². The fourth-order valence-corrected chi connectivity index (χ4v) is 3.79. The first-order valence-corrected chi connectivity index (χ1v) is 9.92. The smallest absolute Gasteiger partial charge is 0.255 e. The molecule has 4 N–H and O–H groups in total. The Morgan fingerprint density at radius 2 is 2.00 bits per heavy atom. The third kappa shape index (κ3) is 4.42. The van der Waals surface area contributed by atoms with Gasteiger partial charge in [-0.25, -0.2) is 0 Å². The van der Waals surface area contributed by atoms with E-state index in [0.29, 0.717) is 18.5 Å². The standard InChI is InChI=1S/C21H28N4O3/c1-14(7-4-2-3-5-12-22)23-17-9-6-8-15-16(17)13-25(21(15)28)18-10-11-19(26)24-20(18)27/h6,8-9,18,23H,1-5,7,10-13,22H2,(H,24,26,27). The quantitative estimate of drug-likeness (QED) is 0.448. The first-order chi connectivity index (χ1) is 13.5. The van der Waals surface area contributed by atoms with Gasteiger partial charge < -0.3 is 16.0 Å². The van der Waals surface area contributed by atoms with Gasteiger partial charge in [-0.1, -0.05) is 25.5 Å². The Balaban J connectivity index is 1.64. The summed E-state index contributed by atoms with van der Waals surface area (Å²) in [5.74, 6) is -0.843. The minimum absolute atomic E-state index is 0.166. The van der Waals surface area contributed by atoms with Gasteiger partial charge in [-0.05, 0) is 44.4 Å².